The third-order valence-corrected chi connectivity index (χ3v) is 4.96. The first-order chi connectivity index (χ1) is 11.8. The third-order valence-electron chi connectivity index (χ3n) is 2.90. The maximum atomic E-state index is 11.8. The summed E-state index contributed by atoms with van der Waals surface area (Å²) in [5, 5.41) is 11.1. The van der Waals surface area contributed by atoms with Crippen LogP contribution in [-0.4, -0.2) is 28.5 Å². The van der Waals surface area contributed by atoms with Gasteiger partial charge in [0.25, 0.3) is 5.91 Å². The second kappa shape index (κ2) is 8.51. The zero-order valence-electron chi connectivity index (χ0n) is 12.7. The van der Waals surface area contributed by atoms with Crippen LogP contribution in [0.5, 0.6) is 5.75 Å². The van der Waals surface area contributed by atoms with Crippen molar-refractivity contribution in [3.05, 3.63) is 54.5 Å². The quantitative estimate of drug-likeness (QED) is 0.372. The van der Waals surface area contributed by atoms with Crippen LogP contribution in [-0.2, 0) is 0 Å². The normalized spacial score (nSPS) is 10.5. The van der Waals surface area contributed by atoms with Crippen molar-refractivity contribution in [2.24, 2.45) is 0 Å². The van der Waals surface area contributed by atoms with Crippen LogP contribution in [0.15, 0.2) is 57.5 Å². The van der Waals surface area contributed by atoms with Gasteiger partial charge in [0, 0.05) is 5.75 Å². The molecule has 0 fully saturated rings. The Labute approximate surface area is 147 Å². The minimum atomic E-state index is -0.330. The number of ether oxygens (including phenoxy) is 1. The fraction of sp³-hybridized carbons (Fsp3) is 0.188. The average Bonchev–Trinajstić information content (AvgIpc) is 3.27. The van der Waals surface area contributed by atoms with E-state index in [1.165, 1.54) is 17.6 Å². The molecule has 0 saturated carbocycles. The summed E-state index contributed by atoms with van der Waals surface area (Å²) in [4.78, 5) is 11.8. The van der Waals surface area contributed by atoms with Crippen LogP contribution < -0.4 is 10.1 Å². The summed E-state index contributed by atoms with van der Waals surface area (Å²) in [6, 6.07) is 13.0. The second-order valence-electron chi connectivity index (χ2n) is 4.67. The summed E-state index contributed by atoms with van der Waals surface area (Å²) in [7, 11) is 0. The van der Waals surface area contributed by atoms with Gasteiger partial charge in [-0.3, -0.25) is 10.1 Å². The molecule has 0 aliphatic heterocycles. The number of carbonyl (C=O) groups excluding carboxylic acids is 1. The second-order valence-corrected chi connectivity index (χ2v) is 6.99. The number of carbonyl (C=O) groups is 1. The van der Waals surface area contributed by atoms with Gasteiger partial charge < -0.3 is 9.15 Å². The van der Waals surface area contributed by atoms with Crippen molar-refractivity contribution < 1.29 is 13.9 Å². The third kappa shape index (κ3) is 4.84. The fourth-order valence-corrected chi connectivity index (χ4v) is 3.54. The van der Waals surface area contributed by atoms with E-state index in [0.717, 1.165) is 22.3 Å². The first-order valence-electron chi connectivity index (χ1n) is 7.30. The lowest BCUT2D eigenvalue weighted by Crippen LogP contribution is -2.10. The zero-order chi connectivity index (χ0) is 16.6. The van der Waals surface area contributed by atoms with Crippen molar-refractivity contribution in [2.45, 2.75) is 10.8 Å². The summed E-state index contributed by atoms with van der Waals surface area (Å²) in [6.07, 6.45) is 2.35. The Hall–Kier alpha value is -2.32. The van der Waals surface area contributed by atoms with Gasteiger partial charge in [0.2, 0.25) is 5.13 Å². The van der Waals surface area contributed by atoms with Gasteiger partial charge in [0.05, 0.1) is 12.9 Å². The topological polar surface area (TPSA) is 77.2 Å². The standard InChI is InChI=1S/C16H15N3O3S2/c20-14(13-8-4-9-22-13)17-15-18-19-16(24-15)23-11-5-10-21-12-6-2-1-3-7-12/h1-4,6-9H,5,10-11H2,(H,17,18,20). The summed E-state index contributed by atoms with van der Waals surface area (Å²) < 4.78 is 11.5. The van der Waals surface area contributed by atoms with Gasteiger partial charge in [-0.15, -0.1) is 10.2 Å². The van der Waals surface area contributed by atoms with Crippen LogP contribution in [0.1, 0.15) is 17.0 Å². The molecule has 0 bridgehead atoms. The maximum Gasteiger partial charge on any atom is 0.293 e. The minimum absolute atomic E-state index is 0.248. The smallest absolute Gasteiger partial charge is 0.293 e. The van der Waals surface area contributed by atoms with E-state index in [4.69, 9.17) is 9.15 Å². The SMILES string of the molecule is O=C(Nc1nnc(SCCCOc2ccccc2)s1)c1ccco1. The number of amides is 1. The van der Waals surface area contributed by atoms with Crippen molar-refractivity contribution >= 4 is 34.1 Å². The van der Waals surface area contributed by atoms with E-state index in [2.05, 4.69) is 15.5 Å². The number of anilines is 1. The van der Waals surface area contributed by atoms with Gasteiger partial charge in [-0.25, -0.2) is 0 Å². The van der Waals surface area contributed by atoms with E-state index in [0.29, 0.717) is 11.7 Å². The molecule has 2 heterocycles. The molecule has 0 atom stereocenters. The van der Waals surface area contributed by atoms with E-state index in [1.807, 2.05) is 30.3 Å². The molecular formula is C16H15N3O3S2. The monoisotopic (exact) mass is 361 g/mol. The summed E-state index contributed by atoms with van der Waals surface area (Å²) in [5.41, 5.74) is 0. The van der Waals surface area contributed by atoms with E-state index >= 15 is 0 Å². The number of furan rings is 1. The highest BCUT2D eigenvalue weighted by atomic mass is 32.2. The van der Waals surface area contributed by atoms with Crippen molar-refractivity contribution in [1.29, 1.82) is 0 Å². The van der Waals surface area contributed by atoms with Gasteiger partial charge in [-0.2, -0.15) is 0 Å². The molecular weight excluding hydrogens is 346 g/mol. The number of hydrogen-bond donors (Lipinski definition) is 1. The van der Waals surface area contributed by atoms with Crippen LogP contribution in [0.4, 0.5) is 5.13 Å². The predicted molar refractivity (Wildman–Crippen MR) is 93.8 cm³/mol. The molecule has 3 rings (SSSR count). The van der Waals surface area contributed by atoms with Crippen molar-refractivity contribution in [1.82, 2.24) is 10.2 Å². The molecule has 2 aromatic heterocycles. The largest absolute Gasteiger partial charge is 0.494 e. The summed E-state index contributed by atoms with van der Waals surface area (Å²) in [6.45, 7) is 0.651. The molecule has 0 aliphatic rings. The lowest BCUT2D eigenvalue weighted by atomic mass is 10.3. The lowest BCUT2D eigenvalue weighted by Gasteiger charge is -2.04. The molecule has 0 unspecified atom stereocenters. The molecule has 0 aliphatic carbocycles. The van der Waals surface area contributed by atoms with E-state index < -0.39 is 0 Å². The number of thioether (sulfide) groups is 1. The highest BCUT2D eigenvalue weighted by Gasteiger charge is 2.12. The van der Waals surface area contributed by atoms with Crippen LogP contribution in [0, 0.1) is 0 Å². The van der Waals surface area contributed by atoms with E-state index in [-0.39, 0.29) is 11.7 Å². The molecule has 0 spiro atoms. The first-order valence-corrected chi connectivity index (χ1v) is 9.10. The molecule has 0 radical (unpaired) electrons. The number of nitrogens with zero attached hydrogens (tertiary/aromatic N) is 2. The molecule has 0 saturated heterocycles. The maximum absolute atomic E-state index is 11.8. The minimum Gasteiger partial charge on any atom is -0.494 e. The first kappa shape index (κ1) is 16.5. The molecule has 1 aromatic carbocycles. The number of para-hydroxylation sites is 1. The van der Waals surface area contributed by atoms with Crippen molar-refractivity contribution in [3.63, 3.8) is 0 Å². The van der Waals surface area contributed by atoms with Crippen molar-refractivity contribution in [3.8, 4) is 5.75 Å². The predicted octanol–water partition coefficient (Wildman–Crippen LogP) is 3.94. The van der Waals surface area contributed by atoms with E-state index in [9.17, 15) is 4.79 Å². The number of hydrogen-bond acceptors (Lipinski definition) is 7. The van der Waals surface area contributed by atoms with Gasteiger partial charge in [-0.1, -0.05) is 41.3 Å². The van der Waals surface area contributed by atoms with Gasteiger partial charge in [0.1, 0.15) is 5.75 Å². The van der Waals surface area contributed by atoms with Gasteiger partial charge >= 0.3 is 0 Å². The lowest BCUT2D eigenvalue weighted by molar-refractivity contribution is 0.0996. The highest BCUT2D eigenvalue weighted by molar-refractivity contribution is 8.01. The molecule has 6 nitrogen and oxygen atoms in total. The fourth-order valence-electron chi connectivity index (χ4n) is 1.81. The Morgan fingerprint density at radius 1 is 1.21 bits per heavy atom. The van der Waals surface area contributed by atoms with Crippen LogP contribution >= 0.6 is 23.1 Å². The molecule has 3 aromatic rings. The number of benzene rings is 1. The van der Waals surface area contributed by atoms with E-state index in [1.54, 1.807) is 23.9 Å². The average molecular weight is 361 g/mol. The molecule has 124 valence electrons. The Morgan fingerprint density at radius 2 is 2.08 bits per heavy atom. The summed E-state index contributed by atoms with van der Waals surface area (Å²) in [5.74, 6) is 1.66. The Kier molecular flexibility index (Phi) is 5.86. The number of aromatic nitrogens is 2. The number of rotatable bonds is 8. The number of nitrogens with one attached hydrogen (secondary N) is 1. The van der Waals surface area contributed by atoms with Crippen LogP contribution in [0.3, 0.4) is 0 Å². The van der Waals surface area contributed by atoms with Crippen molar-refractivity contribution in [2.75, 3.05) is 17.7 Å². The molecule has 1 amide bonds. The van der Waals surface area contributed by atoms with Gasteiger partial charge in [-0.05, 0) is 30.7 Å². The van der Waals surface area contributed by atoms with Crippen LogP contribution in [0.25, 0.3) is 0 Å². The highest BCUT2D eigenvalue weighted by Crippen LogP contribution is 2.26. The Bertz CT molecular complexity index is 760. The Morgan fingerprint density at radius 3 is 2.88 bits per heavy atom. The molecule has 1 N–H and O–H groups in total. The van der Waals surface area contributed by atoms with Crippen LogP contribution in [0.2, 0.25) is 0 Å². The molecule has 8 heteroatoms. The zero-order valence-corrected chi connectivity index (χ0v) is 14.3. The summed E-state index contributed by atoms with van der Waals surface area (Å²) >= 11 is 2.93. The molecule has 24 heavy (non-hydrogen) atoms. The van der Waals surface area contributed by atoms with Gasteiger partial charge in [0.15, 0.2) is 10.1 Å². The Balaban J connectivity index is 1.37.